The smallest absolute Gasteiger partial charge is 0.309 e. The maximum Gasteiger partial charge on any atom is 0.309 e. The van der Waals surface area contributed by atoms with Crippen LogP contribution in [0.1, 0.15) is 53.4 Å². The van der Waals surface area contributed by atoms with Crippen LogP contribution < -0.4 is 0 Å². The van der Waals surface area contributed by atoms with E-state index in [1.54, 1.807) is 0 Å². The molecule has 0 saturated carbocycles. The van der Waals surface area contributed by atoms with Crippen LogP contribution in [0.4, 0.5) is 0 Å². The van der Waals surface area contributed by atoms with Gasteiger partial charge < -0.3 is 9.53 Å². The van der Waals surface area contributed by atoms with E-state index in [1.165, 1.54) is 0 Å². The first-order valence-electron chi connectivity index (χ1n) is 6.17. The fourth-order valence-electron chi connectivity index (χ4n) is 1.57. The van der Waals surface area contributed by atoms with Crippen molar-refractivity contribution in [2.24, 2.45) is 11.8 Å². The van der Waals surface area contributed by atoms with Crippen molar-refractivity contribution in [1.29, 1.82) is 0 Å². The van der Waals surface area contributed by atoms with E-state index in [1.807, 2.05) is 27.7 Å². The summed E-state index contributed by atoms with van der Waals surface area (Å²) in [6.07, 6.45) is 4.31. The van der Waals surface area contributed by atoms with Crippen LogP contribution in [-0.2, 0) is 14.3 Å². The molecule has 2 atom stereocenters. The molecule has 0 aliphatic carbocycles. The van der Waals surface area contributed by atoms with E-state index in [4.69, 9.17) is 4.74 Å². The van der Waals surface area contributed by atoms with Crippen LogP contribution in [0, 0.1) is 11.8 Å². The first-order valence-corrected chi connectivity index (χ1v) is 6.17. The molecule has 0 aromatic carbocycles. The van der Waals surface area contributed by atoms with Gasteiger partial charge >= 0.3 is 5.97 Å². The SMILES string of the molecule is CCC(CCCC(C)C=O)C(=O)OC(C)C. The lowest BCUT2D eigenvalue weighted by molar-refractivity contribution is -0.152. The Balaban J connectivity index is 3.91. The molecule has 2 unspecified atom stereocenters. The highest BCUT2D eigenvalue weighted by Gasteiger charge is 2.18. The number of carbonyl (C=O) groups is 2. The quantitative estimate of drug-likeness (QED) is 0.474. The minimum absolute atomic E-state index is 0.0127. The average molecular weight is 228 g/mol. The molecule has 0 spiro atoms. The summed E-state index contributed by atoms with van der Waals surface area (Å²) in [5.74, 6) is -0.0175. The highest BCUT2D eigenvalue weighted by molar-refractivity contribution is 5.72. The summed E-state index contributed by atoms with van der Waals surface area (Å²) in [5.41, 5.74) is 0. The Morgan fingerprint density at radius 3 is 2.31 bits per heavy atom. The molecule has 0 saturated heterocycles. The molecule has 3 nitrogen and oxygen atoms in total. The second-order valence-electron chi connectivity index (χ2n) is 4.64. The first kappa shape index (κ1) is 15.1. The second-order valence-corrected chi connectivity index (χ2v) is 4.64. The van der Waals surface area contributed by atoms with Gasteiger partial charge in [0.1, 0.15) is 6.29 Å². The molecular formula is C13H24O3. The Bertz CT molecular complexity index is 211. The lowest BCUT2D eigenvalue weighted by Gasteiger charge is -2.16. The zero-order valence-electron chi connectivity index (χ0n) is 10.9. The molecule has 94 valence electrons. The van der Waals surface area contributed by atoms with Crippen LogP contribution in [0.15, 0.2) is 0 Å². The standard InChI is InChI=1S/C13H24O3/c1-5-12(13(15)16-10(2)3)8-6-7-11(4)9-14/h9-12H,5-8H2,1-4H3. The molecule has 0 N–H and O–H groups in total. The van der Waals surface area contributed by atoms with Crippen molar-refractivity contribution in [3.8, 4) is 0 Å². The number of hydrogen-bond donors (Lipinski definition) is 0. The average Bonchev–Trinajstić information content (AvgIpc) is 2.22. The summed E-state index contributed by atoms with van der Waals surface area (Å²) < 4.78 is 5.18. The summed E-state index contributed by atoms with van der Waals surface area (Å²) >= 11 is 0. The van der Waals surface area contributed by atoms with Gasteiger partial charge in [-0.2, -0.15) is 0 Å². The number of ether oxygens (including phenoxy) is 1. The zero-order valence-corrected chi connectivity index (χ0v) is 10.9. The molecule has 0 amide bonds. The highest BCUT2D eigenvalue weighted by atomic mass is 16.5. The Morgan fingerprint density at radius 1 is 1.25 bits per heavy atom. The van der Waals surface area contributed by atoms with Crippen LogP contribution in [0.3, 0.4) is 0 Å². The van der Waals surface area contributed by atoms with Crippen LogP contribution in [0.25, 0.3) is 0 Å². The molecular weight excluding hydrogens is 204 g/mol. The van der Waals surface area contributed by atoms with Crippen LogP contribution >= 0.6 is 0 Å². The first-order chi connectivity index (χ1) is 7.51. The molecule has 0 aliphatic rings. The van der Waals surface area contributed by atoms with Gasteiger partial charge in [0.05, 0.1) is 12.0 Å². The van der Waals surface area contributed by atoms with E-state index < -0.39 is 0 Å². The van der Waals surface area contributed by atoms with Gasteiger partial charge in [-0.3, -0.25) is 4.79 Å². The van der Waals surface area contributed by atoms with Crippen LogP contribution in [0.5, 0.6) is 0 Å². The number of hydrogen-bond acceptors (Lipinski definition) is 3. The Labute approximate surface area is 98.6 Å². The minimum Gasteiger partial charge on any atom is -0.463 e. The molecule has 0 radical (unpaired) electrons. The van der Waals surface area contributed by atoms with Gasteiger partial charge in [0.2, 0.25) is 0 Å². The summed E-state index contributed by atoms with van der Waals surface area (Å²) in [6, 6.07) is 0. The monoisotopic (exact) mass is 228 g/mol. The fraction of sp³-hybridized carbons (Fsp3) is 0.846. The molecule has 0 bridgehead atoms. The van der Waals surface area contributed by atoms with Crippen molar-refractivity contribution in [2.45, 2.75) is 59.5 Å². The van der Waals surface area contributed by atoms with Gasteiger partial charge in [-0.15, -0.1) is 0 Å². The number of esters is 1. The van der Waals surface area contributed by atoms with Gasteiger partial charge in [-0.25, -0.2) is 0 Å². The highest BCUT2D eigenvalue weighted by Crippen LogP contribution is 2.17. The molecule has 0 aliphatic heterocycles. The van der Waals surface area contributed by atoms with Crippen molar-refractivity contribution in [1.82, 2.24) is 0 Å². The van der Waals surface area contributed by atoms with E-state index in [0.717, 1.165) is 32.0 Å². The normalized spacial score (nSPS) is 14.6. The number of rotatable bonds is 8. The van der Waals surface area contributed by atoms with Crippen molar-refractivity contribution < 1.29 is 14.3 Å². The summed E-state index contributed by atoms with van der Waals surface area (Å²) in [7, 11) is 0. The van der Waals surface area contributed by atoms with Gasteiger partial charge in [-0.05, 0) is 33.1 Å². The lowest BCUT2D eigenvalue weighted by Crippen LogP contribution is -2.20. The Morgan fingerprint density at radius 2 is 1.88 bits per heavy atom. The molecule has 16 heavy (non-hydrogen) atoms. The lowest BCUT2D eigenvalue weighted by atomic mass is 9.96. The van der Waals surface area contributed by atoms with Gasteiger partial charge in [0, 0.05) is 5.92 Å². The molecule has 0 rings (SSSR count). The van der Waals surface area contributed by atoms with Crippen molar-refractivity contribution in [2.75, 3.05) is 0 Å². The van der Waals surface area contributed by atoms with Gasteiger partial charge in [-0.1, -0.05) is 20.3 Å². The minimum atomic E-state index is -0.101. The van der Waals surface area contributed by atoms with E-state index >= 15 is 0 Å². The maximum absolute atomic E-state index is 11.6. The summed E-state index contributed by atoms with van der Waals surface area (Å²) in [6.45, 7) is 7.62. The molecule has 0 aromatic rings. The third kappa shape index (κ3) is 6.59. The molecule has 0 heterocycles. The summed E-state index contributed by atoms with van der Waals surface area (Å²) in [4.78, 5) is 22.1. The topological polar surface area (TPSA) is 43.4 Å². The largest absolute Gasteiger partial charge is 0.463 e. The number of aldehydes is 1. The number of carbonyl (C=O) groups excluding carboxylic acids is 2. The molecule has 3 heteroatoms. The molecule has 0 aromatic heterocycles. The van der Waals surface area contributed by atoms with Crippen LogP contribution in [-0.4, -0.2) is 18.4 Å². The van der Waals surface area contributed by atoms with Gasteiger partial charge in [0.25, 0.3) is 0 Å². The summed E-state index contributed by atoms with van der Waals surface area (Å²) in [5, 5.41) is 0. The molecule has 0 fully saturated rings. The van der Waals surface area contributed by atoms with Crippen LogP contribution in [0.2, 0.25) is 0 Å². The van der Waals surface area contributed by atoms with E-state index in [2.05, 4.69) is 0 Å². The Kier molecular flexibility index (Phi) is 7.86. The third-order valence-electron chi connectivity index (χ3n) is 2.62. The van der Waals surface area contributed by atoms with Crippen molar-refractivity contribution >= 4 is 12.3 Å². The van der Waals surface area contributed by atoms with E-state index in [0.29, 0.717) is 0 Å². The fourth-order valence-corrected chi connectivity index (χ4v) is 1.57. The predicted molar refractivity (Wildman–Crippen MR) is 64.1 cm³/mol. The van der Waals surface area contributed by atoms with E-state index in [9.17, 15) is 9.59 Å². The maximum atomic E-state index is 11.6. The third-order valence-corrected chi connectivity index (χ3v) is 2.62. The second kappa shape index (κ2) is 8.31. The van der Waals surface area contributed by atoms with Gasteiger partial charge in [0.15, 0.2) is 0 Å². The zero-order chi connectivity index (χ0) is 12.6. The Hall–Kier alpha value is -0.860. The predicted octanol–water partition coefficient (Wildman–Crippen LogP) is 2.97. The van der Waals surface area contributed by atoms with E-state index in [-0.39, 0.29) is 23.9 Å². The van der Waals surface area contributed by atoms with Crippen molar-refractivity contribution in [3.05, 3.63) is 0 Å². The van der Waals surface area contributed by atoms with Crippen molar-refractivity contribution in [3.63, 3.8) is 0 Å².